The highest BCUT2D eigenvalue weighted by molar-refractivity contribution is 6.30. The third-order valence-electron chi connectivity index (χ3n) is 3.19. The van der Waals surface area contributed by atoms with Crippen LogP contribution < -0.4 is 5.32 Å². The molecule has 0 amide bonds. The molecule has 1 saturated carbocycles. The zero-order valence-electron chi connectivity index (χ0n) is 11.0. The summed E-state index contributed by atoms with van der Waals surface area (Å²) >= 11 is 5.94. The van der Waals surface area contributed by atoms with Crippen molar-refractivity contribution in [1.82, 2.24) is 19.7 Å². The van der Waals surface area contributed by atoms with Gasteiger partial charge in [-0.15, -0.1) is 0 Å². The largest absolute Gasteiger partial charge is 0.370 e. The molecule has 0 spiro atoms. The Morgan fingerprint density at radius 3 is 2.79 bits per heavy atom. The first-order chi connectivity index (χ1) is 9.19. The molecule has 0 radical (unpaired) electrons. The van der Waals surface area contributed by atoms with E-state index in [4.69, 9.17) is 11.6 Å². The molecule has 100 valence electrons. The minimum Gasteiger partial charge on any atom is -0.370 e. The van der Waals surface area contributed by atoms with Crippen molar-refractivity contribution in [3.8, 4) is 5.82 Å². The maximum absolute atomic E-state index is 5.94. The minimum atomic E-state index is 0.503. The van der Waals surface area contributed by atoms with E-state index in [-0.39, 0.29) is 0 Å². The zero-order chi connectivity index (χ0) is 13.4. The number of aromatic nitrogens is 4. The van der Waals surface area contributed by atoms with Crippen LogP contribution in [0.3, 0.4) is 0 Å². The highest BCUT2D eigenvalue weighted by Crippen LogP contribution is 2.39. The van der Waals surface area contributed by atoms with Gasteiger partial charge in [-0.2, -0.15) is 5.10 Å². The average Bonchev–Trinajstić information content (AvgIpc) is 3.15. The number of nitrogens with one attached hydrogen (secondary N) is 1. The van der Waals surface area contributed by atoms with Crippen molar-refractivity contribution < 1.29 is 0 Å². The summed E-state index contributed by atoms with van der Waals surface area (Å²) in [4.78, 5) is 9.27. The first-order valence-electron chi connectivity index (χ1n) is 6.52. The van der Waals surface area contributed by atoms with Crippen molar-refractivity contribution in [1.29, 1.82) is 0 Å². The minimum absolute atomic E-state index is 0.503. The van der Waals surface area contributed by atoms with Crippen LogP contribution in [-0.2, 0) is 0 Å². The van der Waals surface area contributed by atoms with E-state index in [1.165, 1.54) is 12.8 Å². The van der Waals surface area contributed by atoms with Crippen molar-refractivity contribution in [2.75, 3.05) is 11.9 Å². The van der Waals surface area contributed by atoms with Gasteiger partial charge < -0.3 is 5.32 Å². The molecule has 0 bridgehead atoms. The first-order valence-corrected chi connectivity index (χ1v) is 6.89. The first kappa shape index (κ1) is 12.4. The van der Waals surface area contributed by atoms with E-state index >= 15 is 0 Å². The van der Waals surface area contributed by atoms with Crippen LogP contribution in [0, 0.1) is 6.92 Å². The summed E-state index contributed by atoms with van der Waals surface area (Å²) in [6, 6.07) is 0. The molecule has 19 heavy (non-hydrogen) atoms. The molecule has 2 aromatic rings. The van der Waals surface area contributed by atoms with E-state index in [9.17, 15) is 0 Å². The van der Waals surface area contributed by atoms with E-state index in [1.54, 1.807) is 17.1 Å². The fraction of sp³-hybridized carbons (Fsp3) is 0.462. The number of halogens is 1. The summed E-state index contributed by atoms with van der Waals surface area (Å²) in [5.74, 6) is 3.10. The van der Waals surface area contributed by atoms with Gasteiger partial charge in [0.15, 0.2) is 5.82 Å². The summed E-state index contributed by atoms with van der Waals surface area (Å²) < 4.78 is 1.71. The Kier molecular flexibility index (Phi) is 3.14. The molecule has 5 nitrogen and oxygen atoms in total. The maximum Gasteiger partial charge on any atom is 0.162 e. The number of rotatable bonds is 4. The van der Waals surface area contributed by atoms with E-state index in [1.807, 2.05) is 6.92 Å². The second kappa shape index (κ2) is 4.81. The van der Waals surface area contributed by atoms with Crippen LogP contribution >= 0.6 is 11.6 Å². The predicted octanol–water partition coefficient (Wildman–Crippen LogP) is 2.93. The molecule has 1 aliphatic rings. The van der Waals surface area contributed by atoms with Gasteiger partial charge in [0.2, 0.25) is 0 Å². The molecule has 0 saturated heterocycles. The van der Waals surface area contributed by atoms with Crippen molar-refractivity contribution in [2.24, 2.45) is 0 Å². The molecule has 2 heterocycles. The van der Waals surface area contributed by atoms with Gasteiger partial charge in [0.1, 0.15) is 11.6 Å². The molecule has 0 aromatic carbocycles. The molecular formula is C13H16ClN5. The number of hydrogen-bond donors (Lipinski definition) is 1. The second-order valence-electron chi connectivity index (χ2n) is 4.79. The van der Waals surface area contributed by atoms with Crippen LogP contribution in [0.4, 0.5) is 5.82 Å². The monoisotopic (exact) mass is 277 g/mol. The Morgan fingerprint density at radius 2 is 2.21 bits per heavy atom. The standard InChI is InChI=1S/C13H16ClN5/c1-3-15-11-8(2)13(19-7-10(14)6-16-19)18-12(17-11)9-4-5-9/h6-7,9H,3-5H2,1-2H3,(H,15,17,18). The third-order valence-corrected chi connectivity index (χ3v) is 3.39. The molecule has 0 unspecified atom stereocenters. The van der Waals surface area contributed by atoms with Gasteiger partial charge in [-0.25, -0.2) is 14.6 Å². The van der Waals surface area contributed by atoms with Crippen LogP contribution in [0.1, 0.15) is 37.1 Å². The van der Waals surface area contributed by atoms with Crippen LogP contribution in [-0.4, -0.2) is 26.3 Å². The molecule has 2 aromatic heterocycles. The number of nitrogens with zero attached hydrogens (tertiary/aromatic N) is 4. The van der Waals surface area contributed by atoms with Gasteiger partial charge in [-0.05, 0) is 26.7 Å². The Morgan fingerprint density at radius 1 is 1.42 bits per heavy atom. The predicted molar refractivity (Wildman–Crippen MR) is 75.0 cm³/mol. The summed E-state index contributed by atoms with van der Waals surface area (Å²) in [5, 5.41) is 8.13. The fourth-order valence-corrected chi connectivity index (χ4v) is 2.16. The van der Waals surface area contributed by atoms with Crippen molar-refractivity contribution in [2.45, 2.75) is 32.6 Å². The summed E-state index contributed by atoms with van der Waals surface area (Å²) in [5.41, 5.74) is 0.992. The number of hydrogen-bond acceptors (Lipinski definition) is 4. The lowest BCUT2D eigenvalue weighted by Crippen LogP contribution is -2.11. The van der Waals surface area contributed by atoms with Crippen molar-refractivity contribution >= 4 is 17.4 Å². The normalized spacial score (nSPS) is 14.7. The van der Waals surface area contributed by atoms with Crippen LogP contribution in [0.2, 0.25) is 5.02 Å². The maximum atomic E-state index is 5.94. The zero-order valence-corrected chi connectivity index (χ0v) is 11.8. The van der Waals surface area contributed by atoms with E-state index < -0.39 is 0 Å². The summed E-state index contributed by atoms with van der Waals surface area (Å²) in [7, 11) is 0. The van der Waals surface area contributed by atoms with Gasteiger partial charge in [0, 0.05) is 18.0 Å². The smallest absolute Gasteiger partial charge is 0.162 e. The molecule has 0 atom stereocenters. The van der Waals surface area contributed by atoms with Gasteiger partial charge in [-0.1, -0.05) is 11.6 Å². The quantitative estimate of drug-likeness (QED) is 0.933. The lowest BCUT2D eigenvalue weighted by molar-refractivity contribution is 0.800. The SMILES string of the molecule is CCNc1nc(C2CC2)nc(-n2cc(Cl)cn2)c1C. The molecule has 0 aliphatic heterocycles. The Hall–Kier alpha value is -1.62. The molecule has 6 heteroatoms. The van der Waals surface area contributed by atoms with Gasteiger partial charge in [-0.3, -0.25) is 0 Å². The summed E-state index contributed by atoms with van der Waals surface area (Å²) in [6.07, 6.45) is 5.73. The topological polar surface area (TPSA) is 55.6 Å². The van der Waals surface area contributed by atoms with Crippen LogP contribution in [0.5, 0.6) is 0 Å². The molecule has 3 rings (SSSR count). The van der Waals surface area contributed by atoms with Crippen molar-refractivity contribution in [3.63, 3.8) is 0 Å². The Labute approximate surface area is 117 Å². The van der Waals surface area contributed by atoms with E-state index in [0.717, 1.165) is 29.6 Å². The van der Waals surface area contributed by atoms with Crippen LogP contribution in [0.15, 0.2) is 12.4 Å². The Balaban J connectivity index is 2.10. The third kappa shape index (κ3) is 2.42. The molecular weight excluding hydrogens is 262 g/mol. The second-order valence-corrected chi connectivity index (χ2v) is 5.22. The lowest BCUT2D eigenvalue weighted by Gasteiger charge is -2.12. The van der Waals surface area contributed by atoms with E-state index in [2.05, 4.69) is 27.3 Å². The number of anilines is 1. The fourth-order valence-electron chi connectivity index (χ4n) is 2.03. The lowest BCUT2D eigenvalue weighted by atomic mass is 10.2. The molecule has 1 N–H and O–H groups in total. The van der Waals surface area contributed by atoms with Gasteiger partial charge in [0.05, 0.1) is 17.4 Å². The molecule has 1 aliphatic carbocycles. The highest BCUT2D eigenvalue weighted by atomic mass is 35.5. The average molecular weight is 278 g/mol. The van der Waals surface area contributed by atoms with Gasteiger partial charge in [0.25, 0.3) is 0 Å². The Bertz CT molecular complexity index is 603. The highest BCUT2D eigenvalue weighted by Gasteiger charge is 2.28. The van der Waals surface area contributed by atoms with Gasteiger partial charge >= 0.3 is 0 Å². The van der Waals surface area contributed by atoms with Crippen LogP contribution in [0.25, 0.3) is 5.82 Å². The molecule has 1 fully saturated rings. The van der Waals surface area contributed by atoms with Crippen molar-refractivity contribution in [3.05, 3.63) is 28.8 Å². The summed E-state index contributed by atoms with van der Waals surface area (Å²) in [6.45, 7) is 4.89. The van der Waals surface area contributed by atoms with E-state index in [0.29, 0.717) is 10.9 Å².